The molecule has 15 heteroatoms. The minimum atomic E-state index is -4.92. The summed E-state index contributed by atoms with van der Waals surface area (Å²) >= 11 is 0. The molecule has 1 aliphatic rings. The van der Waals surface area contributed by atoms with Crippen LogP contribution in [0.15, 0.2) is 36.7 Å². The molecule has 2 heterocycles. The Bertz CT molecular complexity index is 1120. The Balaban J connectivity index is 2.02. The fourth-order valence-corrected chi connectivity index (χ4v) is 5.48. The van der Waals surface area contributed by atoms with Crippen molar-refractivity contribution in [3.8, 4) is 0 Å². The van der Waals surface area contributed by atoms with E-state index in [-0.39, 0.29) is 25.6 Å². The Morgan fingerprint density at radius 3 is 2.37 bits per heavy atom. The molecule has 1 aromatic carbocycles. The molecule has 0 N–H and O–H groups in total. The lowest BCUT2D eigenvalue weighted by Crippen LogP contribution is -2.40. The van der Waals surface area contributed by atoms with Crippen LogP contribution in [0.1, 0.15) is 49.6 Å². The van der Waals surface area contributed by atoms with E-state index >= 15 is 8.78 Å². The van der Waals surface area contributed by atoms with Crippen LogP contribution in [0.5, 0.6) is 0 Å². The molecule has 1 aromatic heterocycles. The van der Waals surface area contributed by atoms with Crippen molar-refractivity contribution < 1.29 is 50.9 Å². The van der Waals surface area contributed by atoms with Gasteiger partial charge >= 0.3 is 25.2 Å². The highest BCUT2D eigenvalue weighted by Crippen LogP contribution is 2.64. The lowest BCUT2D eigenvalue weighted by atomic mass is 10.1. The molecule has 0 aliphatic carbocycles. The van der Waals surface area contributed by atoms with Crippen LogP contribution in [-0.4, -0.2) is 71.0 Å². The van der Waals surface area contributed by atoms with Gasteiger partial charge in [0, 0.05) is 6.92 Å². The summed E-state index contributed by atoms with van der Waals surface area (Å²) in [6.45, 7) is 3.31. The number of benzene rings is 1. The van der Waals surface area contributed by atoms with Crippen LogP contribution >= 0.6 is 7.60 Å². The summed E-state index contributed by atoms with van der Waals surface area (Å²) in [6.07, 6.45) is -5.72. The van der Waals surface area contributed by atoms with Gasteiger partial charge in [-0.1, -0.05) is 30.3 Å². The van der Waals surface area contributed by atoms with Crippen LogP contribution in [0, 0.1) is 0 Å². The molecule has 210 valence electrons. The van der Waals surface area contributed by atoms with Crippen LogP contribution in [0.4, 0.5) is 8.78 Å². The standard InChI is InChI=1S/C23H30F2N3O9P/c1-5-34-38(31,35-6-2)23(24,25)12-17-18(33-13-16-10-8-7-9-11-16)19(36-15(3)29)21(37-17)28-20(22(30)32-4)26-14-27-28/h7-11,14,17-19,21H,5-6,12-13H2,1-4H3/t17-,18-,19-,21?/m1/s1. The van der Waals surface area contributed by atoms with Crippen LogP contribution in [0.2, 0.25) is 0 Å². The maximum absolute atomic E-state index is 15.5. The van der Waals surface area contributed by atoms with Gasteiger partial charge in [0.05, 0.1) is 39.5 Å². The molecule has 0 amide bonds. The SMILES string of the molecule is CCOP(=O)(OCC)C(F)(F)C[C@H]1OC(n2ncnc2C(=O)OC)[C@H](OC(C)=O)[C@@H]1OCc1ccccc1. The van der Waals surface area contributed by atoms with Gasteiger partial charge < -0.3 is 28.0 Å². The number of rotatable bonds is 13. The zero-order chi connectivity index (χ0) is 27.9. The summed E-state index contributed by atoms with van der Waals surface area (Å²) < 4.78 is 76.7. The summed E-state index contributed by atoms with van der Waals surface area (Å²) in [5.41, 5.74) is -3.31. The molecule has 0 spiro atoms. The topological polar surface area (TPSA) is 137 Å². The highest BCUT2D eigenvalue weighted by atomic mass is 31.2. The molecule has 3 rings (SSSR count). The number of halogens is 2. The van der Waals surface area contributed by atoms with Crippen LogP contribution < -0.4 is 0 Å². The second-order valence-electron chi connectivity index (χ2n) is 8.12. The van der Waals surface area contributed by atoms with E-state index in [0.29, 0.717) is 5.56 Å². The number of hydrogen-bond donors (Lipinski definition) is 0. The van der Waals surface area contributed by atoms with Gasteiger partial charge in [0.25, 0.3) is 0 Å². The first-order valence-corrected chi connectivity index (χ1v) is 13.3. The van der Waals surface area contributed by atoms with Crippen LogP contribution in [0.3, 0.4) is 0 Å². The van der Waals surface area contributed by atoms with Crippen LogP contribution in [0.25, 0.3) is 0 Å². The quantitative estimate of drug-likeness (QED) is 0.261. The number of hydrogen-bond acceptors (Lipinski definition) is 11. The van der Waals surface area contributed by atoms with Crippen LogP contribution in [-0.2, 0) is 44.0 Å². The predicted octanol–water partition coefficient (Wildman–Crippen LogP) is 3.73. The summed E-state index contributed by atoms with van der Waals surface area (Å²) in [5.74, 6) is -1.98. The Morgan fingerprint density at radius 2 is 1.79 bits per heavy atom. The van der Waals surface area contributed by atoms with Gasteiger partial charge in [0.1, 0.15) is 12.4 Å². The summed E-state index contributed by atoms with van der Waals surface area (Å²) in [6, 6.07) is 8.83. The molecular weight excluding hydrogens is 531 g/mol. The van der Waals surface area contributed by atoms with Crippen molar-refractivity contribution in [3.05, 3.63) is 48.0 Å². The first kappa shape index (κ1) is 29.8. The first-order chi connectivity index (χ1) is 18.1. The van der Waals surface area contributed by atoms with E-state index in [1.54, 1.807) is 30.3 Å². The number of methoxy groups -OCH3 is 1. The Morgan fingerprint density at radius 1 is 1.13 bits per heavy atom. The van der Waals surface area contributed by atoms with Crippen molar-refractivity contribution in [1.82, 2.24) is 14.8 Å². The molecule has 38 heavy (non-hydrogen) atoms. The number of nitrogens with zero attached hydrogens (tertiary/aromatic N) is 3. The third-order valence-corrected chi connectivity index (χ3v) is 7.68. The van der Waals surface area contributed by atoms with Crippen molar-refractivity contribution in [2.75, 3.05) is 20.3 Å². The third kappa shape index (κ3) is 6.62. The number of aromatic nitrogens is 3. The average molecular weight is 561 g/mol. The average Bonchev–Trinajstić information content (AvgIpc) is 3.47. The van der Waals surface area contributed by atoms with E-state index in [1.807, 2.05) is 0 Å². The monoisotopic (exact) mass is 561 g/mol. The van der Waals surface area contributed by atoms with Crippen molar-refractivity contribution >= 4 is 19.5 Å². The third-order valence-electron chi connectivity index (χ3n) is 5.50. The summed E-state index contributed by atoms with van der Waals surface area (Å²) in [7, 11) is -3.80. The molecule has 0 bridgehead atoms. The van der Waals surface area contributed by atoms with E-state index in [2.05, 4.69) is 10.1 Å². The fraction of sp³-hybridized carbons (Fsp3) is 0.565. The van der Waals surface area contributed by atoms with Gasteiger partial charge in [0.15, 0.2) is 12.3 Å². The van der Waals surface area contributed by atoms with Crippen molar-refractivity contribution in [2.24, 2.45) is 0 Å². The molecule has 1 unspecified atom stereocenters. The molecule has 2 aromatic rings. The van der Waals surface area contributed by atoms with Gasteiger partial charge in [-0.2, -0.15) is 13.9 Å². The predicted molar refractivity (Wildman–Crippen MR) is 126 cm³/mol. The smallest absolute Gasteiger partial charge is 0.399 e. The van der Waals surface area contributed by atoms with Crippen molar-refractivity contribution in [3.63, 3.8) is 0 Å². The van der Waals surface area contributed by atoms with E-state index in [9.17, 15) is 14.2 Å². The highest BCUT2D eigenvalue weighted by Gasteiger charge is 2.59. The second kappa shape index (κ2) is 12.9. The van der Waals surface area contributed by atoms with Gasteiger partial charge in [-0.3, -0.25) is 9.36 Å². The Labute approximate surface area is 218 Å². The molecule has 1 saturated heterocycles. The second-order valence-corrected chi connectivity index (χ2v) is 10.3. The maximum Gasteiger partial charge on any atom is 0.399 e. The molecule has 12 nitrogen and oxygen atoms in total. The summed E-state index contributed by atoms with van der Waals surface area (Å²) in [4.78, 5) is 28.1. The van der Waals surface area contributed by atoms with Gasteiger partial charge in [-0.25, -0.2) is 14.5 Å². The van der Waals surface area contributed by atoms with E-state index in [1.165, 1.54) is 13.8 Å². The lowest BCUT2D eigenvalue weighted by molar-refractivity contribution is -0.158. The lowest BCUT2D eigenvalue weighted by Gasteiger charge is -2.29. The Kier molecular flexibility index (Phi) is 10.1. The largest absolute Gasteiger partial charge is 0.463 e. The highest BCUT2D eigenvalue weighted by molar-refractivity contribution is 7.55. The zero-order valence-electron chi connectivity index (χ0n) is 21.3. The van der Waals surface area contributed by atoms with Crippen molar-refractivity contribution in [2.45, 2.75) is 64.0 Å². The number of esters is 2. The normalized spacial score (nSPS) is 21.8. The molecule has 0 radical (unpaired) electrons. The van der Waals surface area contributed by atoms with Crippen molar-refractivity contribution in [1.29, 1.82) is 0 Å². The molecular formula is C23H30F2N3O9P. The molecule has 1 aliphatic heterocycles. The molecule has 1 fully saturated rings. The maximum atomic E-state index is 15.5. The van der Waals surface area contributed by atoms with Gasteiger partial charge in [0.2, 0.25) is 5.82 Å². The number of carbonyl (C=O) groups is 2. The number of ether oxygens (including phenoxy) is 4. The van der Waals surface area contributed by atoms with Gasteiger partial charge in [-0.15, -0.1) is 0 Å². The van der Waals surface area contributed by atoms with E-state index < -0.39 is 56.2 Å². The van der Waals surface area contributed by atoms with E-state index in [4.69, 9.17) is 28.0 Å². The minimum absolute atomic E-state index is 0.0583. The first-order valence-electron chi connectivity index (χ1n) is 11.8. The minimum Gasteiger partial charge on any atom is -0.463 e. The number of carbonyl (C=O) groups excluding carboxylic acids is 2. The Hall–Kier alpha value is -2.77. The molecule has 0 saturated carbocycles. The van der Waals surface area contributed by atoms with E-state index in [0.717, 1.165) is 25.0 Å². The molecule has 4 atom stereocenters. The zero-order valence-corrected chi connectivity index (χ0v) is 22.2. The summed E-state index contributed by atoms with van der Waals surface area (Å²) in [5, 5.41) is 3.96. The number of alkyl halides is 2. The van der Waals surface area contributed by atoms with Gasteiger partial charge in [-0.05, 0) is 19.4 Å². The fourth-order valence-electron chi connectivity index (χ4n) is 3.95.